The largest absolute Gasteiger partial charge is 0.298 e. The number of alkyl halides is 1. The molecule has 0 saturated heterocycles. The lowest BCUT2D eigenvalue weighted by Crippen LogP contribution is -2.01. The molecule has 0 saturated carbocycles. The Morgan fingerprint density at radius 2 is 2.21 bits per heavy atom. The third kappa shape index (κ3) is 2.43. The Morgan fingerprint density at radius 1 is 1.57 bits per heavy atom. The predicted octanol–water partition coefficient (Wildman–Crippen LogP) is 3.35. The normalized spacial score (nSPS) is 11.9. The molecule has 0 fully saturated rings. The van der Waals surface area contributed by atoms with Gasteiger partial charge in [0.2, 0.25) is 0 Å². The van der Waals surface area contributed by atoms with Crippen LogP contribution in [0, 0.1) is 11.3 Å². The minimum atomic E-state index is -0.315. The smallest absolute Gasteiger partial charge is 0.147 e. The van der Waals surface area contributed by atoms with Gasteiger partial charge in [0.1, 0.15) is 5.78 Å². The summed E-state index contributed by atoms with van der Waals surface area (Å²) in [6.07, 6.45) is 0. The van der Waals surface area contributed by atoms with E-state index in [1.807, 2.05) is 6.07 Å². The number of ketones is 1. The third-order valence-corrected chi connectivity index (χ3v) is 3.58. The van der Waals surface area contributed by atoms with Crippen LogP contribution < -0.4 is 0 Å². The Balaban J connectivity index is 3.13. The molecule has 1 unspecified atom stereocenters. The summed E-state index contributed by atoms with van der Waals surface area (Å²) < 4.78 is 0.772. The summed E-state index contributed by atoms with van der Waals surface area (Å²) in [5.41, 5.74) is 1.42. The van der Waals surface area contributed by atoms with Gasteiger partial charge in [-0.15, -0.1) is 0 Å². The lowest BCUT2D eigenvalue weighted by atomic mass is 10.1. The van der Waals surface area contributed by atoms with E-state index in [4.69, 9.17) is 5.26 Å². The average molecular weight is 317 g/mol. The Morgan fingerprint density at radius 3 is 2.64 bits per heavy atom. The molecule has 0 aliphatic carbocycles. The molecule has 1 aromatic rings. The monoisotopic (exact) mass is 315 g/mol. The Bertz CT molecular complexity index is 409. The first-order valence-electron chi connectivity index (χ1n) is 3.90. The molecule has 0 N–H and O–H groups in total. The number of carbonyl (C=O) groups is 1. The van der Waals surface area contributed by atoms with Gasteiger partial charge in [-0.05, 0) is 24.6 Å². The van der Waals surface area contributed by atoms with Crippen LogP contribution in [0.5, 0.6) is 0 Å². The van der Waals surface area contributed by atoms with Crippen molar-refractivity contribution >= 4 is 37.6 Å². The lowest BCUT2D eigenvalue weighted by Gasteiger charge is -2.08. The second kappa shape index (κ2) is 4.72. The third-order valence-electron chi connectivity index (χ3n) is 1.76. The summed E-state index contributed by atoms with van der Waals surface area (Å²) in [4.78, 5) is 10.8. The number of hydrogen-bond acceptors (Lipinski definition) is 2. The van der Waals surface area contributed by atoms with E-state index >= 15 is 0 Å². The van der Waals surface area contributed by atoms with Crippen molar-refractivity contribution in [2.24, 2.45) is 0 Å². The van der Waals surface area contributed by atoms with Crippen LogP contribution >= 0.6 is 31.9 Å². The van der Waals surface area contributed by atoms with Crippen molar-refractivity contribution in [3.63, 3.8) is 0 Å². The van der Waals surface area contributed by atoms with Crippen LogP contribution in [-0.2, 0) is 4.79 Å². The number of carbonyl (C=O) groups excluding carboxylic acids is 1. The Hall–Kier alpha value is -0.660. The molecule has 0 radical (unpaired) electrons. The van der Waals surface area contributed by atoms with Crippen molar-refractivity contribution in [1.29, 1.82) is 5.26 Å². The first-order valence-corrected chi connectivity index (χ1v) is 5.61. The highest BCUT2D eigenvalue weighted by Crippen LogP contribution is 2.30. The predicted molar refractivity (Wildman–Crippen MR) is 61.2 cm³/mol. The van der Waals surface area contributed by atoms with Gasteiger partial charge in [-0.25, -0.2) is 0 Å². The molecule has 0 heterocycles. The van der Waals surface area contributed by atoms with Gasteiger partial charge < -0.3 is 0 Å². The summed E-state index contributed by atoms with van der Waals surface area (Å²) in [6, 6.07) is 7.19. The number of rotatable bonds is 2. The summed E-state index contributed by atoms with van der Waals surface area (Å²) in [5, 5.41) is 8.65. The van der Waals surface area contributed by atoms with Crippen molar-refractivity contribution in [2.45, 2.75) is 11.8 Å². The minimum Gasteiger partial charge on any atom is -0.298 e. The van der Waals surface area contributed by atoms with Crippen LogP contribution in [0.4, 0.5) is 0 Å². The van der Waals surface area contributed by atoms with Crippen LogP contribution in [0.2, 0.25) is 0 Å². The van der Waals surface area contributed by atoms with Gasteiger partial charge in [0.25, 0.3) is 0 Å². The SMILES string of the molecule is CC(=O)C(Br)c1ccc(C#N)cc1Br. The van der Waals surface area contributed by atoms with Crippen LogP contribution in [0.25, 0.3) is 0 Å². The van der Waals surface area contributed by atoms with Crippen LogP contribution in [-0.4, -0.2) is 5.78 Å². The van der Waals surface area contributed by atoms with Crippen molar-refractivity contribution in [3.8, 4) is 6.07 Å². The van der Waals surface area contributed by atoms with Crippen molar-refractivity contribution in [1.82, 2.24) is 0 Å². The highest BCUT2D eigenvalue weighted by molar-refractivity contribution is 9.11. The van der Waals surface area contributed by atoms with Gasteiger partial charge in [0.15, 0.2) is 0 Å². The maximum absolute atomic E-state index is 11.1. The quantitative estimate of drug-likeness (QED) is 0.785. The molecule has 0 aliphatic heterocycles. The molecule has 14 heavy (non-hydrogen) atoms. The summed E-state index contributed by atoms with van der Waals surface area (Å²) in [5.74, 6) is 0.0374. The second-order valence-electron chi connectivity index (χ2n) is 2.82. The molecular weight excluding hydrogens is 310 g/mol. The van der Waals surface area contributed by atoms with E-state index in [1.54, 1.807) is 18.2 Å². The van der Waals surface area contributed by atoms with Gasteiger partial charge in [0.05, 0.1) is 16.5 Å². The van der Waals surface area contributed by atoms with Crippen molar-refractivity contribution < 1.29 is 4.79 Å². The zero-order chi connectivity index (χ0) is 10.7. The minimum absolute atomic E-state index is 0.0374. The van der Waals surface area contributed by atoms with Gasteiger partial charge in [0, 0.05) is 4.47 Å². The van der Waals surface area contributed by atoms with Crippen LogP contribution in [0.1, 0.15) is 22.9 Å². The van der Waals surface area contributed by atoms with E-state index < -0.39 is 0 Å². The number of Topliss-reactive ketones (excluding diaryl/α,β-unsaturated/α-hetero) is 1. The molecule has 72 valence electrons. The molecule has 2 nitrogen and oxygen atoms in total. The van der Waals surface area contributed by atoms with E-state index in [2.05, 4.69) is 31.9 Å². The number of benzene rings is 1. The zero-order valence-corrected chi connectivity index (χ0v) is 10.6. The summed E-state index contributed by atoms with van der Waals surface area (Å²) in [6.45, 7) is 1.52. The molecule has 1 aromatic carbocycles. The van der Waals surface area contributed by atoms with E-state index in [-0.39, 0.29) is 10.6 Å². The first kappa shape index (κ1) is 11.4. The van der Waals surface area contributed by atoms with Crippen molar-refractivity contribution in [3.05, 3.63) is 33.8 Å². The van der Waals surface area contributed by atoms with E-state index in [0.717, 1.165) is 10.0 Å². The van der Waals surface area contributed by atoms with Gasteiger partial charge >= 0.3 is 0 Å². The number of hydrogen-bond donors (Lipinski definition) is 0. The lowest BCUT2D eigenvalue weighted by molar-refractivity contribution is -0.116. The molecule has 0 bridgehead atoms. The molecule has 0 aliphatic rings. The van der Waals surface area contributed by atoms with E-state index in [1.165, 1.54) is 6.92 Å². The standard InChI is InChI=1S/C10H7Br2NO/c1-6(14)10(12)8-3-2-7(5-13)4-9(8)11/h2-4,10H,1H3. The number of nitriles is 1. The van der Waals surface area contributed by atoms with Crippen LogP contribution in [0.3, 0.4) is 0 Å². The van der Waals surface area contributed by atoms with Crippen molar-refractivity contribution in [2.75, 3.05) is 0 Å². The van der Waals surface area contributed by atoms with Crippen LogP contribution in [0.15, 0.2) is 22.7 Å². The van der Waals surface area contributed by atoms with Gasteiger partial charge in [-0.3, -0.25) is 4.79 Å². The fraction of sp³-hybridized carbons (Fsp3) is 0.200. The molecule has 1 atom stereocenters. The van der Waals surface area contributed by atoms with Gasteiger partial charge in [-0.1, -0.05) is 37.9 Å². The summed E-state index contributed by atoms with van der Waals surface area (Å²) >= 11 is 6.61. The second-order valence-corrected chi connectivity index (χ2v) is 4.59. The maximum Gasteiger partial charge on any atom is 0.147 e. The molecule has 0 spiro atoms. The van der Waals surface area contributed by atoms with E-state index in [0.29, 0.717) is 5.56 Å². The fourth-order valence-electron chi connectivity index (χ4n) is 1.02. The zero-order valence-electron chi connectivity index (χ0n) is 7.42. The molecule has 0 aromatic heterocycles. The summed E-state index contributed by atoms with van der Waals surface area (Å²) in [7, 11) is 0. The highest BCUT2D eigenvalue weighted by atomic mass is 79.9. The van der Waals surface area contributed by atoms with Gasteiger partial charge in [-0.2, -0.15) is 5.26 Å². The molecule has 1 rings (SSSR count). The maximum atomic E-state index is 11.1. The first-order chi connectivity index (χ1) is 6.56. The van der Waals surface area contributed by atoms with E-state index in [9.17, 15) is 4.79 Å². The highest BCUT2D eigenvalue weighted by Gasteiger charge is 2.15. The Labute approximate surface area is 99.2 Å². The molecule has 0 amide bonds. The topological polar surface area (TPSA) is 40.9 Å². The molecular formula is C10H7Br2NO. The number of nitrogens with zero attached hydrogens (tertiary/aromatic N) is 1. The average Bonchev–Trinajstić information content (AvgIpc) is 2.16. The number of halogens is 2. The Kier molecular flexibility index (Phi) is 3.85. The fourth-order valence-corrected chi connectivity index (χ4v) is 2.34. The molecule has 4 heteroatoms.